The molecule has 1 aliphatic rings. The summed E-state index contributed by atoms with van der Waals surface area (Å²) in [5.41, 5.74) is 3.06. The quantitative estimate of drug-likeness (QED) is 0.175. The van der Waals surface area contributed by atoms with Crippen molar-refractivity contribution in [3.63, 3.8) is 0 Å². The SMILES string of the molecule is CN=C(NCCCNC(=O)c1occc1C)NCc1ccc(C)cc1OCC1CCCO1.I. The molecule has 0 radical (unpaired) electrons. The number of hydrogen-bond donors (Lipinski definition) is 3. The molecule has 2 heterocycles. The first kappa shape index (κ1) is 27.0. The number of aryl methyl sites for hydroxylation is 2. The fourth-order valence-electron chi connectivity index (χ4n) is 3.48. The van der Waals surface area contributed by atoms with E-state index in [2.05, 4.69) is 46.1 Å². The lowest BCUT2D eigenvalue weighted by Crippen LogP contribution is -2.38. The van der Waals surface area contributed by atoms with Crippen molar-refractivity contribution in [2.75, 3.05) is 33.4 Å². The Morgan fingerprint density at radius 1 is 1.18 bits per heavy atom. The standard InChI is InChI=1S/C24H34N4O4.HI/c1-17-7-8-19(21(14-17)32-16-20-6-4-12-30-20)15-28-24(25-3)27-11-5-10-26-23(29)22-18(2)9-13-31-22;/h7-9,13-14,20H,4-6,10-12,15-16H2,1-3H3,(H,26,29)(H2,25,27,28);1H. The third-order valence-electron chi connectivity index (χ3n) is 5.34. The maximum Gasteiger partial charge on any atom is 0.287 e. The van der Waals surface area contributed by atoms with Crippen LogP contribution in [0.25, 0.3) is 0 Å². The molecule has 0 bridgehead atoms. The molecule has 1 aromatic heterocycles. The Morgan fingerprint density at radius 2 is 2.00 bits per heavy atom. The van der Waals surface area contributed by atoms with Gasteiger partial charge in [-0.05, 0) is 50.8 Å². The van der Waals surface area contributed by atoms with Crippen LogP contribution in [0.1, 0.15) is 46.5 Å². The van der Waals surface area contributed by atoms with E-state index in [1.807, 2.05) is 6.92 Å². The zero-order valence-corrected chi connectivity index (χ0v) is 21.9. The van der Waals surface area contributed by atoms with Crippen molar-refractivity contribution in [1.82, 2.24) is 16.0 Å². The van der Waals surface area contributed by atoms with E-state index in [1.165, 1.54) is 6.26 Å². The summed E-state index contributed by atoms with van der Waals surface area (Å²) in [6.45, 7) is 7.12. The minimum atomic E-state index is -0.190. The molecule has 0 spiro atoms. The molecule has 1 atom stereocenters. The average molecular weight is 570 g/mol. The van der Waals surface area contributed by atoms with Crippen molar-refractivity contribution in [1.29, 1.82) is 0 Å². The number of nitrogens with one attached hydrogen (secondary N) is 3. The number of furan rings is 1. The normalized spacial score (nSPS) is 15.6. The minimum absolute atomic E-state index is 0. The summed E-state index contributed by atoms with van der Waals surface area (Å²) < 4.78 is 16.9. The van der Waals surface area contributed by atoms with Gasteiger partial charge in [-0.2, -0.15) is 0 Å². The number of amides is 1. The zero-order valence-electron chi connectivity index (χ0n) is 19.6. The van der Waals surface area contributed by atoms with Crippen molar-refractivity contribution >= 4 is 35.8 Å². The molecule has 33 heavy (non-hydrogen) atoms. The van der Waals surface area contributed by atoms with Crippen molar-refractivity contribution in [3.8, 4) is 5.75 Å². The van der Waals surface area contributed by atoms with Crippen molar-refractivity contribution in [2.24, 2.45) is 4.99 Å². The van der Waals surface area contributed by atoms with Crippen LogP contribution in [0, 0.1) is 13.8 Å². The fraction of sp³-hybridized carbons (Fsp3) is 0.500. The molecule has 1 fully saturated rings. The van der Waals surface area contributed by atoms with Crippen LogP contribution in [0.5, 0.6) is 5.75 Å². The number of hydrogen-bond acceptors (Lipinski definition) is 5. The monoisotopic (exact) mass is 570 g/mol. The highest BCUT2D eigenvalue weighted by molar-refractivity contribution is 14.0. The Balaban J connectivity index is 0.00000385. The Morgan fingerprint density at radius 3 is 2.70 bits per heavy atom. The van der Waals surface area contributed by atoms with Gasteiger partial charge in [-0.25, -0.2) is 0 Å². The van der Waals surface area contributed by atoms with Gasteiger partial charge in [-0.3, -0.25) is 9.79 Å². The van der Waals surface area contributed by atoms with Gasteiger partial charge >= 0.3 is 0 Å². The predicted octanol–water partition coefficient (Wildman–Crippen LogP) is 3.56. The molecule has 9 heteroatoms. The van der Waals surface area contributed by atoms with Gasteiger partial charge < -0.3 is 29.8 Å². The fourth-order valence-corrected chi connectivity index (χ4v) is 3.48. The molecule has 1 aliphatic heterocycles. The predicted molar refractivity (Wildman–Crippen MR) is 140 cm³/mol. The number of benzene rings is 1. The van der Waals surface area contributed by atoms with E-state index in [4.69, 9.17) is 13.9 Å². The smallest absolute Gasteiger partial charge is 0.287 e. The molecule has 0 saturated carbocycles. The highest BCUT2D eigenvalue weighted by atomic mass is 127. The van der Waals surface area contributed by atoms with Crippen LogP contribution in [-0.4, -0.2) is 51.3 Å². The summed E-state index contributed by atoms with van der Waals surface area (Å²) in [5.74, 6) is 1.75. The summed E-state index contributed by atoms with van der Waals surface area (Å²) in [6.07, 6.45) is 4.62. The van der Waals surface area contributed by atoms with Gasteiger partial charge in [0.05, 0.1) is 12.4 Å². The van der Waals surface area contributed by atoms with Crippen LogP contribution < -0.4 is 20.7 Å². The van der Waals surface area contributed by atoms with Crippen LogP contribution in [0.3, 0.4) is 0 Å². The van der Waals surface area contributed by atoms with Crippen molar-refractivity contribution in [2.45, 2.75) is 45.8 Å². The maximum atomic E-state index is 12.1. The van der Waals surface area contributed by atoms with E-state index in [1.54, 1.807) is 13.1 Å². The van der Waals surface area contributed by atoms with E-state index in [0.29, 0.717) is 38.0 Å². The van der Waals surface area contributed by atoms with Crippen molar-refractivity contribution in [3.05, 3.63) is 53.0 Å². The number of carbonyl (C=O) groups is 1. The number of aliphatic imine (C=N–C) groups is 1. The first-order valence-corrected chi connectivity index (χ1v) is 11.2. The van der Waals surface area contributed by atoms with E-state index >= 15 is 0 Å². The Labute approximate surface area is 212 Å². The lowest BCUT2D eigenvalue weighted by molar-refractivity contribution is 0.0676. The second kappa shape index (κ2) is 14.1. The summed E-state index contributed by atoms with van der Waals surface area (Å²) in [4.78, 5) is 16.3. The summed E-state index contributed by atoms with van der Waals surface area (Å²) in [6, 6.07) is 7.99. The number of halogens is 1. The number of ether oxygens (including phenoxy) is 2. The molecule has 8 nitrogen and oxygen atoms in total. The third kappa shape index (κ3) is 8.54. The number of rotatable bonds is 10. The highest BCUT2D eigenvalue weighted by Gasteiger charge is 2.17. The molecule has 1 saturated heterocycles. The van der Waals surface area contributed by atoms with Gasteiger partial charge in [0.25, 0.3) is 5.91 Å². The highest BCUT2D eigenvalue weighted by Crippen LogP contribution is 2.22. The lowest BCUT2D eigenvalue weighted by Gasteiger charge is -2.17. The van der Waals surface area contributed by atoms with E-state index in [9.17, 15) is 4.79 Å². The molecule has 1 amide bonds. The van der Waals surface area contributed by atoms with Crippen LogP contribution in [0.2, 0.25) is 0 Å². The molecule has 1 aromatic carbocycles. The first-order chi connectivity index (χ1) is 15.6. The summed E-state index contributed by atoms with van der Waals surface area (Å²) >= 11 is 0. The minimum Gasteiger partial charge on any atom is -0.491 e. The topological polar surface area (TPSA) is 97.1 Å². The molecule has 2 aromatic rings. The average Bonchev–Trinajstić information content (AvgIpc) is 3.46. The van der Waals surface area contributed by atoms with Gasteiger partial charge in [0.2, 0.25) is 0 Å². The Hall–Kier alpha value is -2.27. The Kier molecular flexibility index (Phi) is 11.5. The van der Waals surface area contributed by atoms with Gasteiger partial charge in [0, 0.05) is 44.4 Å². The van der Waals surface area contributed by atoms with Gasteiger partial charge in [-0.15, -0.1) is 24.0 Å². The number of carbonyl (C=O) groups excluding carboxylic acids is 1. The van der Waals surface area contributed by atoms with Crippen LogP contribution in [-0.2, 0) is 11.3 Å². The lowest BCUT2D eigenvalue weighted by atomic mass is 10.1. The number of nitrogens with zero attached hydrogens (tertiary/aromatic N) is 1. The second-order valence-electron chi connectivity index (χ2n) is 7.95. The molecule has 3 rings (SSSR count). The first-order valence-electron chi connectivity index (χ1n) is 11.2. The van der Waals surface area contributed by atoms with E-state index in [-0.39, 0.29) is 36.0 Å². The Bertz CT molecular complexity index is 910. The van der Waals surface area contributed by atoms with Crippen molar-refractivity contribution < 1.29 is 18.7 Å². The summed E-state index contributed by atoms with van der Waals surface area (Å²) in [7, 11) is 1.74. The molecule has 3 N–H and O–H groups in total. The second-order valence-corrected chi connectivity index (χ2v) is 7.95. The van der Waals surface area contributed by atoms with Gasteiger partial charge in [0.15, 0.2) is 11.7 Å². The van der Waals surface area contributed by atoms with Crippen LogP contribution in [0.15, 0.2) is 39.9 Å². The van der Waals surface area contributed by atoms with E-state index in [0.717, 1.165) is 48.3 Å². The molecule has 0 aliphatic carbocycles. The number of guanidine groups is 1. The third-order valence-corrected chi connectivity index (χ3v) is 5.34. The van der Waals surface area contributed by atoms with E-state index < -0.39 is 0 Å². The molecule has 1 unspecified atom stereocenters. The van der Waals surface area contributed by atoms with Gasteiger partial charge in [-0.1, -0.05) is 12.1 Å². The van der Waals surface area contributed by atoms with Crippen LogP contribution in [0.4, 0.5) is 0 Å². The zero-order chi connectivity index (χ0) is 22.8. The summed E-state index contributed by atoms with van der Waals surface area (Å²) in [5, 5.41) is 9.46. The molecule has 182 valence electrons. The molecular weight excluding hydrogens is 535 g/mol. The largest absolute Gasteiger partial charge is 0.491 e. The van der Waals surface area contributed by atoms with Crippen LogP contribution >= 0.6 is 24.0 Å². The van der Waals surface area contributed by atoms with Gasteiger partial charge in [0.1, 0.15) is 12.4 Å². The molecular formula is C24H35IN4O4. The maximum absolute atomic E-state index is 12.1.